The molecule has 1 fully saturated rings. The van der Waals surface area contributed by atoms with E-state index in [-0.39, 0.29) is 10.5 Å². The molecule has 6 nitrogen and oxygen atoms in total. The van der Waals surface area contributed by atoms with Crippen LogP contribution in [0.5, 0.6) is 0 Å². The highest BCUT2D eigenvalue weighted by atomic mass is 32.2. The molecule has 1 aromatic rings. The zero-order chi connectivity index (χ0) is 17.3. The Bertz CT molecular complexity index is 733. The van der Waals surface area contributed by atoms with E-state index in [1.807, 2.05) is 0 Å². The summed E-state index contributed by atoms with van der Waals surface area (Å²) in [7, 11) is -3.88. The third-order valence-corrected chi connectivity index (χ3v) is 5.95. The highest BCUT2D eigenvalue weighted by Gasteiger charge is 2.35. The van der Waals surface area contributed by atoms with Gasteiger partial charge in [-0.1, -0.05) is 6.08 Å². The van der Waals surface area contributed by atoms with Crippen molar-refractivity contribution in [1.82, 2.24) is 4.72 Å². The summed E-state index contributed by atoms with van der Waals surface area (Å²) in [5.74, 6) is -1.16. The SMILES string of the molecule is C=CC1(NS(=O)(=O)c2cc(C(=O)O)cc(C)c2C)CCOCC1. The number of nitrogens with one attached hydrogen (secondary N) is 1. The lowest BCUT2D eigenvalue weighted by Gasteiger charge is -2.35. The van der Waals surface area contributed by atoms with E-state index >= 15 is 0 Å². The van der Waals surface area contributed by atoms with Gasteiger partial charge in [-0.05, 0) is 49.9 Å². The fourth-order valence-electron chi connectivity index (χ4n) is 2.64. The van der Waals surface area contributed by atoms with Crippen molar-refractivity contribution < 1.29 is 23.1 Å². The number of sulfonamides is 1. The van der Waals surface area contributed by atoms with Gasteiger partial charge >= 0.3 is 5.97 Å². The maximum absolute atomic E-state index is 12.8. The summed E-state index contributed by atoms with van der Waals surface area (Å²) in [5.41, 5.74) is 0.336. The van der Waals surface area contributed by atoms with Crippen LogP contribution in [0.25, 0.3) is 0 Å². The average Bonchev–Trinajstić information content (AvgIpc) is 2.49. The lowest BCUT2D eigenvalue weighted by Crippen LogP contribution is -2.50. The third-order valence-electron chi connectivity index (χ3n) is 4.27. The number of benzene rings is 1. The van der Waals surface area contributed by atoms with E-state index in [4.69, 9.17) is 9.84 Å². The molecule has 7 heteroatoms. The van der Waals surface area contributed by atoms with Crippen LogP contribution in [0.1, 0.15) is 34.3 Å². The monoisotopic (exact) mass is 339 g/mol. The molecule has 0 atom stereocenters. The molecule has 0 unspecified atom stereocenters. The van der Waals surface area contributed by atoms with E-state index in [1.54, 1.807) is 19.9 Å². The van der Waals surface area contributed by atoms with Gasteiger partial charge in [0.1, 0.15) is 0 Å². The maximum Gasteiger partial charge on any atom is 0.335 e. The summed E-state index contributed by atoms with van der Waals surface area (Å²) in [5, 5.41) is 9.16. The van der Waals surface area contributed by atoms with Gasteiger partial charge in [0, 0.05) is 13.2 Å². The van der Waals surface area contributed by atoms with E-state index in [9.17, 15) is 13.2 Å². The van der Waals surface area contributed by atoms with Gasteiger partial charge in [-0.3, -0.25) is 0 Å². The predicted octanol–water partition coefficient (Wildman–Crippen LogP) is 2.02. The van der Waals surface area contributed by atoms with Crippen LogP contribution in [0.3, 0.4) is 0 Å². The van der Waals surface area contributed by atoms with E-state index in [2.05, 4.69) is 11.3 Å². The van der Waals surface area contributed by atoms with Crippen molar-refractivity contribution in [3.63, 3.8) is 0 Å². The summed E-state index contributed by atoms with van der Waals surface area (Å²) < 4.78 is 33.6. The Morgan fingerprint density at radius 2 is 1.96 bits per heavy atom. The van der Waals surface area contributed by atoms with Gasteiger partial charge in [0.05, 0.1) is 16.0 Å². The lowest BCUT2D eigenvalue weighted by atomic mass is 9.92. The molecule has 1 heterocycles. The number of aromatic carboxylic acids is 1. The van der Waals surface area contributed by atoms with Gasteiger partial charge in [-0.2, -0.15) is 0 Å². The average molecular weight is 339 g/mol. The Kier molecular flexibility index (Phi) is 4.93. The van der Waals surface area contributed by atoms with Gasteiger partial charge < -0.3 is 9.84 Å². The largest absolute Gasteiger partial charge is 0.478 e. The number of aryl methyl sites for hydroxylation is 1. The van der Waals surface area contributed by atoms with Crippen LogP contribution in [-0.2, 0) is 14.8 Å². The number of carboxylic acids is 1. The summed E-state index contributed by atoms with van der Waals surface area (Å²) in [6.45, 7) is 8.00. The van der Waals surface area contributed by atoms with Crippen molar-refractivity contribution in [3.8, 4) is 0 Å². The van der Waals surface area contributed by atoms with Crippen molar-refractivity contribution >= 4 is 16.0 Å². The minimum Gasteiger partial charge on any atom is -0.478 e. The number of hydrogen-bond acceptors (Lipinski definition) is 4. The van der Waals surface area contributed by atoms with Gasteiger partial charge in [0.15, 0.2) is 0 Å². The standard InChI is InChI=1S/C16H21NO5S/c1-4-16(5-7-22-8-6-16)17-23(20,21)14-10-13(15(18)19)9-11(2)12(14)3/h4,9-10,17H,1,5-8H2,2-3H3,(H,18,19). The van der Waals surface area contributed by atoms with Crippen LogP contribution in [0.4, 0.5) is 0 Å². The Morgan fingerprint density at radius 3 is 2.48 bits per heavy atom. The molecule has 1 aliphatic rings. The highest BCUT2D eigenvalue weighted by Crippen LogP contribution is 2.27. The maximum atomic E-state index is 12.8. The number of ether oxygens (including phenoxy) is 1. The molecule has 0 spiro atoms. The van der Waals surface area contributed by atoms with Crippen LogP contribution >= 0.6 is 0 Å². The van der Waals surface area contributed by atoms with Crippen molar-refractivity contribution in [3.05, 3.63) is 41.5 Å². The van der Waals surface area contributed by atoms with Crippen LogP contribution in [-0.4, -0.2) is 38.2 Å². The zero-order valence-electron chi connectivity index (χ0n) is 13.3. The molecule has 0 radical (unpaired) electrons. The quantitative estimate of drug-likeness (QED) is 0.801. The minimum atomic E-state index is -3.88. The van der Waals surface area contributed by atoms with E-state index in [1.165, 1.54) is 12.1 Å². The summed E-state index contributed by atoms with van der Waals surface area (Å²) >= 11 is 0. The van der Waals surface area contributed by atoms with Crippen LogP contribution in [0.2, 0.25) is 0 Å². The number of hydrogen-bond donors (Lipinski definition) is 2. The predicted molar refractivity (Wildman–Crippen MR) is 86.2 cm³/mol. The highest BCUT2D eigenvalue weighted by molar-refractivity contribution is 7.89. The molecule has 0 saturated carbocycles. The van der Waals surface area contributed by atoms with Gasteiger partial charge in [0.2, 0.25) is 10.0 Å². The molecule has 23 heavy (non-hydrogen) atoms. The first-order chi connectivity index (χ1) is 10.7. The van der Waals surface area contributed by atoms with Crippen LogP contribution in [0, 0.1) is 13.8 Å². The Balaban J connectivity index is 2.47. The van der Waals surface area contributed by atoms with Crippen LogP contribution in [0.15, 0.2) is 29.7 Å². The fourth-order valence-corrected chi connectivity index (χ4v) is 4.41. The summed E-state index contributed by atoms with van der Waals surface area (Å²) in [6.07, 6.45) is 2.58. The smallest absolute Gasteiger partial charge is 0.335 e. The first-order valence-corrected chi connectivity index (χ1v) is 8.79. The van der Waals surface area contributed by atoms with Crippen molar-refractivity contribution in [2.45, 2.75) is 37.1 Å². The molecule has 1 aromatic carbocycles. The van der Waals surface area contributed by atoms with E-state index in [0.717, 1.165) is 0 Å². The summed E-state index contributed by atoms with van der Waals surface area (Å²) in [6, 6.07) is 2.66. The number of carboxylic acid groups (broad SMARTS) is 1. The molecule has 0 aliphatic carbocycles. The Labute approximate surface area is 136 Å². The molecule has 0 aromatic heterocycles. The van der Waals surface area contributed by atoms with E-state index in [0.29, 0.717) is 37.2 Å². The second kappa shape index (κ2) is 6.43. The Hall–Kier alpha value is -1.70. The molecule has 0 bridgehead atoms. The molecular weight excluding hydrogens is 318 g/mol. The molecule has 1 saturated heterocycles. The van der Waals surface area contributed by atoms with E-state index < -0.39 is 21.5 Å². The van der Waals surface area contributed by atoms with Crippen LogP contribution < -0.4 is 4.72 Å². The Morgan fingerprint density at radius 1 is 1.35 bits per heavy atom. The van der Waals surface area contributed by atoms with Crippen molar-refractivity contribution in [2.75, 3.05) is 13.2 Å². The first kappa shape index (κ1) is 17.7. The molecular formula is C16H21NO5S. The van der Waals surface area contributed by atoms with Crippen molar-refractivity contribution in [1.29, 1.82) is 0 Å². The summed E-state index contributed by atoms with van der Waals surface area (Å²) in [4.78, 5) is 11.2. The third kappa shape index (κ3) is 3.63. The first-order valence-electron chi connectivity index (χ1n) is 7.31. The second-order valence-corrected chi connectivity index (χ2v) is 7.45. The molecule has 1 aliphatic heterocycles. The minimum absolute atomic E-state index is 0.0115. The lowest BCUT2D eigenvalue weighted by molar-refractivity contribution is 0.0630. The van der Waals surface area contributed by atoms with Gasteiger partial charge in [0.25, 0.3) is 0 Å². The molecule has 0 amide bonds. The van der Waals surface area contributed by atoms with Gasteiger partial charge in [-0.25, -0.2) is 17.9 Å². The topological polar surface area (TPSA) is 92.7 Å². The number of carbonyl (C=O) groups is 1. The second-order valence-electron chi connectivity index (χ2n) is 5.80. The number of rotatable bonds is 5. The van der Waals surface area contributed by atoms with Crippen molar-refractivity contribution in [2.24, 2.45) is 0 Å². The molecule has 2 rings (SSSR count). The molecule has 2 N–H and O–H groups in total. The normalized spacial score (nSPS) is 17.7. The molecule has 126 valence electrons. The van der Waals surface area contributed by atoms with Gasteiger partial charge in [-0.15, -0.1) is 6.58 Å². The fraction of sp³-hybridized carbons (Fsp3) is 0.438. The zero-order valence-corrected chi connectivity index (χ0v) is 14.1.